The number of aliphatic carboxylic acids is 1. The molecule has 1 aromatic carbocycles. The minimum absolute atomic E-state index is 0.0389. The van der Waals surface area contributed by atoms with Gasteiger partial charge in [-0.15, -0.1) is 0 Å². The third kappa shape index (κ3) is 5.28. The standard InChI is InChI=1S/C26H39N3O3/c1-19(30)28(25-15-8-7-14-24(25)27-18-26(31)32)23-16-21-12-9-13-22(17-23)29(21)20-10-5-3-2-4-6-11-20/h7-8,14-15,20-23,27H,2-6,9-13,16-18H2,1H3,(H,31,32). The van der Waals surface area contributed by atoms with Gasteiger partial charge < -0.3 is 15.3 Å². The number of carbonyl (C=O) groups excluding carboxylic acids is 1. The largest absolute Gasteiger partial charge is 0.480 e. The monoisotopic (exact) mass is 441 g/mol. The van der Waals surface area contributed by atoms with Crippen molar-refractivity contribution in [2.24, 2.45) is 0 Å². The van der Waals surface area contributed by atoms with E-state index >= 15 is 0 Å². The van der Waals surface area contributed by atoms with Crippen LogP contribution in [0.4, 0.5) is 11.4 Å². The lowest BCUT2D eigenvalue weighted by Gasteiger charge is -2.54. The van der Waals surface area contributed by atoms with Gasteiger partial charge in [0.1, 0.15) is 6.54 Å². The molecule has 0 spiro atoms. The molecular weight excluding hydrogens is 402 g/mol. The van der Waals surface area contributed by atoms with Crippen LogP contribution in [0.2, 0.25) is 0 Å². The van der Waals surface area contributed by atoms with Crippen molar-refractivity contribution in [1.82, 2.24) is 4.90 Å². The summed E-state index contributed by atoms with van der Waals surface area (Å²) in [4.78, 5) is 28.8. The van der Waals surface area contributed by atoms with Crippen molar-refractivity contribution in [3.8, 4) is 0 Å². The Morgan fingerprint density at radius 2 is 1.53 bits per heavy atom. The van der Waals surface area contributed by atoms with Crippen molar-refractivity contribution in [3.63, 3.8) is 0 Å². The van der Waals surface area contributed by atoms with Crippen LogP contribution in [0.15, 0.2) is 24.3 Å². The molecule has 1 aliphatic carbocycles. The first-order chi connectivity index (χ1) is 15.5. The minimum Gasteiger partial charge on any atom is -0.480 e. The molecule has 1 aromatic rings. The summed E-state index contributed by atoms with van der Waals surface area (Å²) in [5.74, 6) is -0.867. The molecule has 2 bridgehead atoms. The Hall–Kier alpha value is -2.08. The smallest absolute Gasteiger partial charge is 0.322 e. The van der Waals surface area contributed by atoms with Crippen molar-refractivity contribution >= 4 is 23.3 Å². The number of hydrogen-bond donors (Lipinski definition) is 2. The molecule has 2 atom stereocenters. The van der Waals surface area contributed by atoms with E-state index < -0.39 is 5.97 Å². The summed E-state index contributed by atoms with van der Waals surface area (Å²) in [5, 5.41) is 12.1. The summed E-state index contributed by atoms with van der Waals surface area (Å²) in [6.07, 6.45) is 15.3. The fraction of sp³-hybridized carbons (Fsp3) is 0.692. The van der Waals surface area contributed by atoms with E-state index in [4.69, 9.17) is 5.11 Å². The average Bonchev–Trinajstić information content (AvgIpc) is 2.72. The molecule has 176 valence electrons. The lowest BCUT2D eigenvalue weighted by Crippen LogP contribution is -2.60. The van der Waals surface area contributed by atoms with Crippen LogP contribution in [-0.2, 0) is 9.59 Å². The van der Waals surface area contributed by atoms with Gasteiger partial charge in [-0.25, -0.2) is 0 Å². The Kier molecular flexibility index (Phi) is 7.71. The average molecular weight is 442 g/mol. The highest BCUT2D eigenvalue weighted by Gasteiger charge is 2.43. The van der Waals surface area contributed by atoms with Gasteiger partial charge in [0.2, 0.25) is 5.91 Å². The molecule has 4 rings (SSSR count). The zero-order valence-corrected chi connectivity index (χ0v) is 19.5. The van der Waals surface area contributed by atoms with Crippen LogP contribution in [0.1, 0.15) is 84.0 Å². The first-order valence-corrected chi connectivity index (χ1v) is 12.7. The maximum atomic E-state index is 12.9. The number of anilines is 2. The molecular formula is C26H39N3O3. The Bertz CT molecular complexity index is 776. The number of nitrogens with one attached hydrogen (secondary N) is 1. The lowest BCUT2D eigenvalue weighted by atomic mass is 9.78. The second-order valence-corrected chi connectivity index (χ2v) is 9.96. The molecule has 2 unspecified atom stereocenters. The molecule has 2 heterocycles. The van der Waals surface area contributed by atoms with E-state index in [0.717, 1.165) is 24.2 Å². The van der Waals surface area contributed by atoms with Gasteiger partial charge in [-0.2, -0.15) is 0 Å². The number of hydrogen-bond acceptors (Lipinski definition) is 4. The maximum absolute atomic E-state index is 12.9. The van der Waals surface area contributed by atoms with Crippen molar-refractivity contribution in [1.29, 1.82) is 0 Å². The van der Waals surface area contributed by atoms with E-state index in [-0.39, 0.29) is 18.5 Å². The molecule has 2 aliphatic heterocycles. The van der Waals surface area contributed by atoms with Crippen molar-refractivity contribution in [2.45, 2.75) is 108 Å². The van der Waals surface area contributed by atoms with Crippen LogP contribution in [0.5, 0.6) is 0 Å². The molecule has 1 saturated carbocycles. The Labute approximate surface area is 192 Å². The molecule has 3 fully saturated rings. The van der Waals surface area contributed by atoms with Gasteiger partial charge in [-0.05, 0) is 50.7 Å². The van der Waals surface area contributed by atoms with Gasteiger partial charge in [-0.3, -0.25) is 14.5 Å². The Balaban J connectivity index is 1.55. The van der Waals surface area contributed by atoms with Gasteiger partial charge >= 0.3 is 5.97 Å². The van der Waals surface area contributed by atoms with E-state index in [9.17, 15) is 9.59 Å². The normalized spacial score (nSPS) is 27.2. The first kappa shape index (κ1) is 23.1. The Morgan fingerprint density at radius 1 is 0.938 bits per heavy atom. The summed E-state index contributed by atoms with van der Waals surface area (Å²) >= 11 is 0. The summed E-state index contributed by atoms with van der Waals surface area (Å²) in [6.45, 7) is 1.49. The number of piperidine rings is 2. The van der Waals surface area contributed by atoms with Crippen molar-refractivity contribution < 1.29 is 14.7 Å². The van der Waals surface area contributed by atoms with Crippen LogP contribution >= 0.6 is 0 Å². The van der Waals surface area contributed by atoms with Crippen molar-refractivity contribution in [2.75, 3.05) is 16.8 Å². The third-order valence-electron chi connectivity index (χ3n) is 7.80. The fourth-order valence-corrected chi connectivity index (χ4v) is 6.56. The van der Waals surface area contributed by atoms with Gasteiger partial charge in [0.15, 0.2) is 0 Å². The van der Waals surface area contributed by atoms with Crippen molar-refractivity contribution in [3.05, 3.63) is 24.3 Å². The number of amides is 1. The SMILES string of the molecule is CC(=O)N(c1ccccc1NCC(=O)O)C1CC2CCCC(C1)N2C1CCCCCCC1. The van der Waals surface area contributed by atoms with Gasteiger partial charge in [0.05, 0.1) is 11.4 Å². The molecule has 32 heavy (non-hydrogen) atoms. The summed E-state index contributed by atoms with van der Waals surface area (Å²) in [6, 6.07) is 9.62. The predicted octanol–water partition coefficient (Wildman–Crippen LogP) is 5.03. The van der Waals surface area contributed by atoms with E-state index in [1.54, 1.807) is 6.92 Å². The number of rotatable bonds is 6. The van der Waals surface area contributed by atoms with E-state index in [2.05, 4.69) is 10.2 Å². The highest BCUT2D eigenvalue weighted by atomic mass is 16.4. The molecule has 2 N–H and O–H groups in total. The van der Waals surface area contributed by atoms with Crippen LogP contribution in [-0.4, -0.2) is 52.6 Å². The second kappa shape index (κ2) is 10.7. The molecule has 1 amide bonds. The third-order valence-corrected chi connectivity index (χ3v) is 7.80. The summed E-state index contributed by atoms with van der Waals surface area (Å²) < 4.78 is 0. The summed E-state index contributed by atoms with van der Waals surface area (Å²) in [5.41, 5.74) is 1.53. The van der Waals surface area contributed by atoms with Gasteiger partial charge in [0.25, 0.3) is 0 Å². The lowest BCUT2D eigenvalue weighted by molar-refractivity contribution is -0.135. The number of carboxylic acids is 1. The fourth-order valence-electron chi connectivity index (χ4n) is 6.56. The zero-order valence-electron chi connectivity index (χ0n) is 19.5. The number of nitrogens with zero attached hydrogens (tertiary/aromatic N) is 2. The van der Waals surface area contributed by atoms with E-state index in [0.29, 0.717) is 18.1 Å². The van der Waals surface area contributed by atoms with E-state index in [1.807, 2.05) is 29.2 Å². The number of carbonyl (C=O) groups is 2. The minimum atomic E-state index is -0.906. The second-order valence-electron chi connectivity index (χ2n) is 9.96. The van der Waals surface area contributed by atoms with E-state index in [1.165, 1.54) is 64.2 Å². The predicted molar refractivity (Wildman–Crippen MR) is 128 cm³/mol. The molecule has 2 saturated heterocycles. The van der Waals surface area contributed by atoms with Gasteiger partial charge in [0, 0.05) is 31.1 Å². The molecule has 3 aliphatic rings. The van der Waals surface area contributed by atoms with Crippen LogP contribution < -0.4 is 10.2 Å². The topological polar surface area (TPSA) is 72.9 Å². The number of para-hydroxylation sites is 2. The number of benzene rings is 1. The molecule has 0 aromatic heterocycles. The maximum Gasteiger partial charge on any atom is 0.322 e. The van der Waals surface area contributed by atoms with Gasteiger partial charge in [-0.1, -0.05) is 50.7 Å². The number of fused-ring (bicyclic) bond motifs is 2. The molecule has 0 radical (unpaired) electrons. The highest BCUT2D eigenvalue weighted by molar-refractivity contribution is 5.96. The highest BCUT2D eigenvalue weighted by Crippen LogP contribution is 2.41. The van der Waals surface area contributed by atoms with Crippen LogP contribution in [0.25, 0.3) is 0 Å². The number of carboxylic acid groups (broad SMARTS) is 1. The Morgan fingerprint density at radius 3 is 2.16 bits per heavy atom. The summed E-state index contributed by atoms with van der Waals surface area (Å²) in [7, 11) is 0. The zero-order chi connectivity index (χ0) is 22.5. The van der Waals surface area contributed by atoms with Crippen LogP contribution in [0, 0.1) is 0 Å². The first-order valence-electron chi connectivity index (χ1n) is 12.7. The van der Waals surface area contributed by atoms with Crippen LogP contribution in [0.3, 0.4) is 0 Å². The molecule has 6 nitrogen and oxygen atoms in total. The quantitative estimate of drug-likeness (QED) is 0.647. The molecule has 6 heteroatoms.